The molecule has 37 heavy (non-hydrogen) atoms. The van der Waals surface area contributed by atoms with E-state index in [1.54, 1.807) is 6.33 Å². The molecule has 0 spiro atoms. The number of hydrogen-bond acceptors (Lipinski definition) is 6. The van der Waals surface area contributed by atoms with Crippen LogP contribution < -0.4 is 4.90 Å². The highest BCUT2D eigenvalue weighted by molar-refractivity contribution is 5.90. The number of piperazine rings is 1. The zero-order valence-electron chi connectivity index (χ0n) is 22.5. The van der Waals surface area contributed by atoms with Crippen molar-refractivity contribution in [3.63, 3.8) is 0 Å². The molecule has 6 rings (SSSR count). The van der Waals surface area contributed by atoms with Crippen molar-refractivity contribution >= 4 is 28.4 Å². The third-order valence-electron chi connectivity index (χ3n) is 8.22. The Kier molecular flexibility index (Phi) is 5.90. The van der Waals surface area contributed by atoms with Gasteiger partial charge in [-0.05, 0) is 69.5 Å². The number of rotatable bonds is 5. The zero-order chi connectivity index (χ0) is 25.8. The summed E-state index contributed by atoms with van der Waals surface area (Å²) in [5.41, 5.74) is 8.71. The molecule has 0 aromatic carbocycles. The number of carbonyl (C=O) groups is 1. The number of nitrogens with zero attached hydrogens (tertiary/aromatic N) is 7. The summed E-state index contributed by atoms with van der Waals surface area (Å²) in [6, 6.07) is 4.47. The highest BCUT2D eigenvalue weighted by Crippen LogP contribution is 2.38. The first kappa shape index (κ1) is 23.9. The predicted octanol–water partition coefficient (Wildman–Crippen LogP) is 3.76. The lowest BCUT2D eigenvalue weighted by atomic mass is 9.95. The first-order valence-electron chi connectivity index (χ1n) is 13.4. The van der Waals surface area contributed by atoms with Gasteiger partial charge in [-0.2, -0.15) is 5.10 Å². The summed E-state index contributed by atoms with van der Waals surface area (Å²) in [5.74, 6) is 1.51. The van der Waals surface area contributed by atoms with Crippen LogP contribution in [0.2, 0.25) is 0 Å². The summed E-state index contributed by atoms with van der Waals surface area (Å²) >= 11 is 0. The molecule has 0 bridgehead atoms. The molecule has 194 valence electrons. The molecule has 1 atom stereocenters. The Morgan fingerprint density at radius 2 is 1.95 bits per heavy atom. The molecule has 4 aromatic heterocycles. The van der Waals surface area contributed by atoms with E-state index in [1.807, 2.05) is 9.42 Å². The molecule has 0 aliphatic carbocycles. The van der Waals surface area contributed by atoms with Gasteiger partial charge >= 0.3 is 0 Å². The van der Waals surface area contributed by atoms with Crippen molar-refractivity contribution in [3.8, 4) is 11.3 Å². The van der Waals surface area contributed by atoms with Gasteiger partial charge in [-0.3, -0.25) is 9.69 Å². The van der Waals surface area contributed by atoms with Crippen molar-refractivity contribution in [2.75, 3.05) is 44.2 Å². The van der Waals surface area contributed by atoms with Crippen LogP contribution in [0.5, 0.6) is 0 Å². The molecule has 6 heterocycles. The van der Waals surface area contributed by atoms with Gasteiger partial charge in [0.15, 0.2) is 5.65 Å². The summed E-state index contributed by atoms with van der Waals surface area (Å²) in [6.45, 7) is 15.8. The number of aryl methyl sites for hydroxylation is 1. The molecule has 2 fully saturated rings. The Hall–Kier alpha value is -3.46. The molecule has 2 saturated heterocycles. The van der Waals surface area contributed by atoms with Gasteiger partial charge in [-0.25, -0.2) is 14.5 Å². The molecule has 4 aromatic rings. The third kappa shape index (κ3) is 4.05. The van der Waals surface area contributed by atoms with Crippen molar-refractivity contribution < 1.29 is 4.79 Å². The first-order valence-corrected chi connectivity index (χ1v) is 13.4. The standard InChI is InChI=1S/C28H36N8O/c1-17(2)25-26(21-14-36-28(29-16-30-36)20(5)19(21)4)31-22-7-8-23(32-27(22)25)35-12-11-34(13-18(35)3)24(37)15-33-9-6-10-33/h7-8,14,16-18,31H,6,9-13,15H2,1-5H3/t18-/m1/s1. The number of pyridine rings is 2. The van der Waals surface area contributed by atoms with Crippen LogP contribution in [0.3, 0.4) is 0 Å². The maximum absolute atomic E-state index is 12.8. The Bertz CT molecular complexity index is 1480. The van der Waals surface area contributed by atoms with Crippen LogP contribution in [-0.4, -0.2) is 85.6 Å². The minimum absolute atomic E-state index is 0.208. The molecule has 0 saturated carbocycles. The lowest BCUT2D eigenvalue weighted by Gasteiger charge is -2.41. The smallest absolute Gasteiger partial charge is 0.236 e. The molecule has 0 radical (unpaired) electrons. The van der Waals surface area contributed by atoms with Crippen molar-refractivity contribution in [3.05, 3.63) is 41.3 Å². The van der Waals surface area contributed by atoms with E-state index < -0.39 is 0 Å². The fourth-order valence-corrected chi connectivity index (χ4v) is 5.82. The van der Waals surface area contributed by atoms with E-state index in [9.17, 15) is 4.79 Å². The van der Waals surface area contributed by atoms with Gasteiger partial charge in [0, 0.05) is 43.0 Å². The molecular weight excluding hydrogens is 464 g/mol. The van der Waals surface area contributed by atoms with E-state index >= 15 is 0 Å². The molecule has 1 amide bonds. The average molecular weight is 501 g/mol. The van der Waals surface area contributed by atoms with Crippen LogP contribution in [0.1, 0.15) is 49.8 Å². The number of amides is 1. The quantitative estimate of drug-likeness (QED) is 0.449. The summed E-state index contributed by atoms with van der Waals surface area (Å²) in [4.78, 5) is 32.7. The molecule has 2 aliphatic rings. The van der Waals surface area contributed by atoms with Gasteiger partial charge in [0.05, 0.1) is 23.3 Å². The highest BCUT2D eigenvalue weighted by atomic mass is 16.2. The molecule has 1 N–H and O–H groups in total. The van der Waals surface area contributed by atoms with Crippen LogP contribution in [0.15, 0.2) is 24.7 Å². The number of nitrogens with one attached hydrogen (secondary N) is 1. The summed E-state index contributed by atoms with van der Waals surface area (Å²) in [5, 5.41) is 4.40. The van der Waals surface area contributed by atoms with Crippen LogP contribution in [0, 0.1) is 13.8 Å². The largest absolute Gasteiger partial charge is 0.353 e. The number of aromatic nitrogens is 5. The van der Waals surface area contributed by atoms with E-state index in [0.29, 0.717) is 6.54 Å². The van der Waals surface area contributed by atoms with Gasteiger partial charge in [-0.15, -0.1) is 0 Å². The van der Waals surface area contributed by atoms with Gasteiger partial charge in [0.2, 0.25) is 5.91 Å². The Balaban J connectivity index is 1.33. The number of carbonyl (C=O) groups excluding carboxylic acids is 1. The minimum Gasteiger partial charge on any atom is -0.353 e. The number of anilines is 1. The lowest BCUT2D eigenvalue weighted by molar-refractivity contribution is -0.134. The molecular formula is C28H36N8O. The Morgan fingerprint density at radius 1 is 1.14 bits per heavy atom. The van der Waals surface area contributed by atoms with Crippen molar-refractivity contribution in [2.24, 2.45) is 0 Å². The second kappa shape index (κ2) is 9.13. The zero-order valence-corrected chi connectivity index (χ0v) is 22.5. The predicted molar refractivity (Wildman–Crippen MR) is 146 cm³/mol. The number of fused-ring (bicyclic) bond motifs is 2. The van der Waals surface area contributed by atoms with Gasteiger partial charge in [-0.1, -0.05) is 13.8 Å². The number of hydrogen-bond donors (Lipinski definition) is 1. The molecule has 0 unspecified atom stereocenters. The SMILES string of the molecule is Cc1c(-c2[nH]c3ccc(N4CCN(C(=O)CN5CCC5)C[C@H]4C)nc3c2C(C)C)cn2ncnc2c1C. The van der Waals surface area contributed by atoms with Crippen LogP contribution in [0.25, 0.3) is 27.9 Å². The Labute approximate surface area is 217 Å². The van der Waals surface area contributed by atoms with Crippen molar-refractivity contribution in [1.82, 2.24) is 34.4 Å². The summed E-state index contributed by atoms with van der Waals surface area (Å²) in [7, 11) is 0. The highest BCUT2D eigenvalue weighted by Gasteiger charge is 2.30. The first-order chi connectivity index (χ1) is 17.8. The van der Waals surface area contributed by atoms with Crippen LogP contribution in [-0.2, 0) is 4.79 Å². The molecule has 9 heteroatoms. The van der Waals surface area contributed by atoms with Crippen LogP contribution in [0.4, 0.5) is 5.82 Å². The van der Waals surface area contributed by atoms with Gasteiger partial charge in [0.25, 0.3) is 0 Å². The second-order valence-corrected chi connectivity index (χ2v) is 11.0. The fraction of sp³-hybridized carbons (Fsp3) is 0.500. The van der Waals surface area contributed by atoms with Gasteiger partial charge in [0.1, 0.15) is 12.1 Å². The average Bonchev–Trinajstić information content (AvgIpc) is 3.47. The maximum atomic E-state index is 12.8. The number of H-pyrrole nitrogens is 1. The summed E-state index contributed by atoms with van der Waals surface area (Å²) < 4.78 is 1.86. The van der Waals surface area contributed by atoms with E-state index in [2.05, 4.69) is 77.8 Å². The Morgan fingerprint density at radius 3 is 2.65 bits per heavy atom. The van der Waals surface area contributed by atoms with E-state index in [1.165, 1.54) is 17.5 Å². The van der Waals surface area contributed by atoms with Crippen molar-refractivity contribution in [2.45, 2.75) is 53.0 Å². The van der Waals surface area contributed by atoms with Crippen molar-refractivity contribution in [1.29, 1.82) is 0 Å². The van der Waals surface area contributed by atoms with Gasteiger partial charge < -0.3 is 14.8 Å². The van der Waals surface area contributed by atoms with E-state index in [-0.39, 0.29) is 17.9 Å². The number of aromatic amines is 1. The van der Waals surface area contributed by atoms with Crippen LogP contribution >= 0.6 is 0 Å². The fourth-order valence-electron chi connectivity index (χ4n) is 5.82. The molecule has 2 aliphatic heterocycles. The monoisotopic (exact) mass is 500 g/mol. The summed E-state index contributed by atoms with van der Waals surface area (Å²) in [6.07, 6.45) is 4.88. The minimum atomic E-state index is 0.208. The third-order valence-corrected chi connectivity index (χ3v) is 8.22. The maximum Gasteiger partial charge on any atom is 0.236 e. The van der Waals surface area contributed by atoms with E-state index in [0.717, 1.165) is 72.0 Å². The lowest BCUT2D eigenvalue weighted by Crippen LogP contribution is -2.56. The second-order valence-electron chi connectivity index (χ2n) is 11.0. The molecule has 9 nitrogen and oxygen atoms in total. The topological polar surface area (TPSA) is 85.7 Å². The normalized spacial score (nSPS) is 18.8. The number of likely N-dealkylation sites (tertiary alicyclic amines) is 1. The van der Waals surface area contributed by atoms with E-state index in [4.69, 9.17) is 4.98 Å².